The Morgan fingerprint density at radius 1 is 1.18 bits per heavy atom. The minimum atomic E-state index is 0.0474. The van der Waals surface area contributed by atoms with Crippen LogP contribution in [-0.2, 0) is 5.41 Å². The Kier molecular flexibility index (Phi) is 3.09. The standard InChI is InChI=1S/C14H19N3/c1-14(2,13-8-5-9-16-13)10-17-12-7-4-3-6-11(12)15/h3-9,16-17H,10,15H2,1-2H3. The van der Waals surface area contributed by atoms with Gasteiger partial charge in [-0.05, 0) is 24.3 Å². The summed E-state index contributed by atoms with van der Waals surface area (Å²) in [5.41, 5.74) is 8.95. The second kappa shape index (κ2) is 4.53. The van der Waals surface area contributed by atoms with Gasteiger partial charge in [0.15, 0.2) is 0 Å². The van der Waals surface area contributed by atoms with Gasteiger partial charge in [-0.1, -0.05) is 26.0 Å². The predicted octanol–water partition coefficient (Wildman–Crippen LogP) is 2.99. The molecule has 3 heteroatoms. The van der Waals surface area contributed by atoms with Crippen molar-refractivity contribution in [1.82, 2.24) is 4.98 Å². The monoisotopic (exact) mass is 229 g/mol. The topological polar surface area (TPSA) is 53.8 Å². The van der Waals surface area contributed by atoms with E-state index in [4.69, 9.17) is 5.73 Å². The van der Waals surface area contributed by atoms with Crippen molar-refractivity contribution in [2.24, 2.45) is 0 Å². The van der Waals surface area contributed by atoms with Gasteiger partial charge >= 0.3 is 0 Å². The first-order valence-corrected chi connectivity index (χ1v) is 5.82. The molecular formula is C14H19N3. The number of hydrogen-bond donors (Lipinski definition) is 3. The largest absolute Gasteiger partial charge is 0.397 e. The maximum atomic E-state index is 5.90. The molecule has 0 unspecified atom stereocenters. The molecule has 0 radical (unpaired) electrons. The smallest absolute Gasteiger partial charge is 0.0574 e. The van der Waals surface area contributed by atoms with Crippen molar-refractivity contribution in [2.45, 2.75) is 19.3 Å². The van der Waals surface area contributed by atoms with Crippen LogP contribution >= 0.6 is 0 Å². The van der Waals surface area contributed by atoms with Crippen LogP contribution in [0, 0.1) is 0 Å². The molecule has 3 nitrogen and oxygen atoms in total. The fourth-order valence-electron chi connectivity index (χ4n) is 1.82. The Labute approximate surface area is 102 Å². The van der Waals surface area contributed by atoms with E-state index in [1.54, 1.807) is 0 Å². The summed E-state index contributed by atoms with van der Waals surface area (Å²) in [6.07, 6.45) is 1.95. The summed E-state index contributed by atoms with van der Waals surface area (Å²) in [5.74, 6) is 0. The quantitative estimate of drug-likeness (QED) is 0.706. The molecule has 1 aromatic carbocycles. The van der Waals surface area contributed by atoms with Crippen LogP contribution in [0.3, 0.4) is 0 Å². The number of nitrogens with two attached hydrogens (primary N) is 1. The maximum Gasteiger partial charge on any atom is 0.0574 e. The number of aromatic amines is 1. The van der Waals surface area contributed by atoms with E-state index < -0.39 is 0 Å². The van der Waals surface area contributed by atoms with Crippen LogP contribution < -0.4 is 11.1 Å². The van der Waals surface area contributed by atoms with Crippen molar-refractivity contribution in [3.63, 3.8) is 0 Å². The summed E-state index contributed by atoms with van der Waals surface area (Å²) in [4.78, 5) is 3.26. The van der Waals surface area contributed by atoms with Crippen LogP contribution in [0.5, 0.6) is 0 Å². The lowest BCUT2D eigenvalue weighted by atomic mass is 9.89. The fourth-order valence-corrected chi connectivity index (χ4v) is 1.82. The molecule has 90 valence electrons. The molecule has 1 aromatic heterocycles. The molecule has 0 fully saturated rings. The fraction of sp³-hybridized carbons (Fsp3) is 0.286. The van der Waals surface area contributed by atoms with Crippen LogP contribution in [0.4, 0.5) is 11.4 Å². The molecule has 4 N–H and O–H groups in total. The highest BCUT2D eigenvalue weighted by Crippen LogP contribution is 2.24. The van der Waals surface area contributed by atoms with Crippen molar-refractivity contribution < 1.29 is 0 Å². The molecule has 0 aliphatic heterocycles. The second-order valence-electron chi connectivity index (χ2n) is 4.91. The molecule has 0 saturated heterocycles. The van der Waals surface area contributed by atoms with E-state index in [9.17, 15) is 0 Å². The third-order valence-corrected chi connectivity index (χ3v) is 3.01. The molecule has 0 amide bonds. The van der Waals surface area contributed by atoms with E-state index in [2.05, 4.69) is 30.2 Å². The molecule has 0 bridgehead atoms. The number of nitrogen functional groups attached to an aromatic ring is 1. The number of rotatable bonds is 4. The minimum Gasteiger partial charge on any atom is -0.397 e. The maximum absolute atomic E-state index is 5.90. The van der Waals surface area contributed by atoms with E-state index in [1.165, 1.54) is 5.69 Å². The number of nitrogens with one attached hydrogen (secondary N) is 2. The number of anilines is 2. The van der Waals surface area contributed by atoms with Gasteiger partial charge in [0, 0.05) is 23.9 Å². The summed E-state index contributed by atoms with van der Waals surface area (Å²) in [5, 5.41) is 3.40. The molecule has 0 atom stereocenters. The van der Waals surface area contributed by atoms with Crippen LogP contribution in [0.2, 0.25) is 0 Å². The summed E-state index contributed by atoms with van der Waals surface area (Å²) in [7, 11) is 0. The zero-order chi connectivity index (χ0) is 12.3. The van der Waals surface area contributed by atoms with Gasteiger partial charge in [0.25, 0.3) is 0 Å². The second-order valence-corrected chi connectivity index (χ2v) is 4.91. The Hall–Kier alpha value is -1.90. The highest BCUT2D eigenvalue weighted by atomic mass is 14.9. The molecule has 2 aromatic rings. The molecular weight excluding hydrogens is 210 g/mol. The molecule has 0 aliphatic rings. The van der Waals surface area contributed by atoms with Crippen molar-refractivity contribution in [2.75, 3.05) is 17.6 Å². The number of aromatic nitrogens is 1. The molecule has 1 heterocycles. The lowest BCUT2D eigenvalue weighted by molar-refractivity contribution is 0.542. The zero-order valence-corrected chi connectivity index (χ0v) is 10.3. The third kappa shape index (κ3) is 2.61. The van der Waals surface area contributed by atoms with E-state index >= 15 is 0 Å². The number of H-pyrrole nitrogens is 1. The highest BCUT2D eigenvalue weighted by Gasteiger charge is 2.21. The van der Waals surface area contributed by atoms with Gasteiger partial charge in [0.2, 0.25) is 0 Å². The van der Waals surface area contributed by atoms with Crippen molar-refractivity contribution in [3.05, 3.63) is 48.3 Å². The van der Waals surface area contributed by atoms with Crippen LogP contribution in [0.1, 0.15) is 19.5 Å². The molecule has 17 heavy (non-hydrogen) atoms. The van der Waals surface area contributed by atoms with Crippen molar-refractivity contribution in [1.29, 1.82) is 0 Å². The first-order valence-electron chi connectivity index (χ1n) is 5.82. The first-order chi connectivity index (χ1) is 8.09. The first kappa shape index (κ1) is 11.6. The third-order valence-electron chi connectivity index (χ3n) is 3.01. The van der Waals surface area contributed by atoms with Gasteiger partial charge in [0.1, 0.15) is 0 Å². The summed E-state index contributed by atoms with van der Waals surface area (Å²) in [6, 6.07) is 12.0. The lowest BCUT2D eigenvalue weighted by Gasteiger charge is -2.25. The van der Waals surface area contributed by atoms with Crippen molar-refractivity contribution >= 4 is 11.4 Å². The van der Waals surface area contributed by atoms with E-state index in [1.807, 2.05) is 36.5 Å². The Bertz CT molecular complexity index is 472. The average Bonchev–Trinajstić information content (AvgIpc) is 2.82. The van der Waals surface area contributed by atoms with Gasteiger partial charge < -0.3 is 16.0 Å². The zero-order valence-electron chi connectivity index (χ0n) is 10.3. The Balaban J connectivity index is 2.06. The van der Waals surface area contributed by atoms with E-state index in [-0.39, 0.29) is 5.41 Å². The minimum absolute atomic E-state index is 0.0474. The number of hydrogen-bond acceptors (Lipinski definition) is 2. The van der Waals surface area contributed by atoms with Crippen LogP contribution in [0.25, 0.3) is 0 Å². The normalized spacial score (nSPS) is 11.4. The van der Waals surface area contributed by atoms with E-state index in [0.29, 0.717) is 0 Å². The molecule has 0 aliphatic carbocycles. The van der Waals surface area contributed by atoms with Gasteiger partial charge in [-0.2, -0.15) is 0 Å². The summed E-state index contributed by atoms with van der Waals surface area (Å²) in [6.45, 7) is 5.23. The number of benzene rings is 1. The predicted molar refractivity (Wildman–Crippen MR) is 73.2 cm³/mol. The van der Waals surface area contributed by atoms with Crippen molar-refractivity contribution in [3.8, 4) is 0 Å². The van der Waals surface area contributed by atoms with E-state index in [0.717, 1.165) is 17.9 Å². The highest BCUT2D eigenvalue weighted by molar-refractivity contribution is 5.65. The average molecular weight is 229 g/mol. The number of para-hydroxylation sites is 2. The lowest BCUT2D eigenvalue weighted by Crippen LogP contribution is -2.28. The SMILES string of the molecule is CC(C)(CNc1ccccc1N)c1ccc[nH]1. The summed E-state index contributed by atoms with van der Waals surface area (Å²) < 4.78 is 0. The van der Waals surface area contributed by atoms with Crippen LogP contribution in [0.15, 0.2) is 42.6 Å². The van der Waals surface area contributed by atoms with Crippen LogP contribution in [-0.4, -0.2) is 11.5 Å². The Morgan fingerprint density at radius 2 is 1.94 bits per heavy atom. The van der Waals surface area contributed by atoms with Gasteiger partial charge in [-0.15, -0.1) is 0 Å². The summed E-state index contributed by atoms with van der Waals surface area (Å²) >= 11 is 0. The van der Waals surface area contributed by atoms with Gasteiger partial charge in [-0.3, -0.25) is 0 Å². The Morgan fingerprint density at radius 3 is 2.59 bits per heavy atom. The molecule has 0 saturated carbocycles. The molecule has 2 rings (SSSR count). The molecule has 0 spiro atoms. The van der Waals surface area contributed by atoms with Gasteiger partial charge in [0.05, 0.1) is 11.4 Å². The van der Waals surface area contributed by atoms with Gasteiger partial charge in [-0.25, -0.2) is 0 Å².